The lowest BCUT2D eigenvalue weighted by Crippen LogP contribution is -2.45. The number of fused-ring (bicyclic) bond motifs is 1. The molecule has 0 aromatic heterocycles. The van der Waals surface area contributed by atoms with Crippen molar-refractivity contribution in [2.45, 2.75) is 26.3 Å². The number of rotatable bonds is 2. The van der Waals surface area contributed by atoms with Crippen LogP contribution >= 0.6 is 23.2 Å². The van der Waals surface area contributed by atoms with Gasteiger partial charge in [-0.25, -0.2) is 4.79 Å². The van der Waals surface area contributed by atoms with Crippen LogP contribution in [-0.2, 0) is 4.79 Å². The van der Waals surface area contributed by atoms with Gasteiger partial charge in [0.15, 0.2) is 0 Å². The summed E-state index contributed by atoms with van der Waals surface area (Å²) in [6.07, 6.45) is 0.606. The number of carboxylic acid groups (broad SMARTS) is 1. The second-order valence-corrected chi connectivity index (χ2v) is 8.11. The zero-order chi connectivity index (χ0) is 19.9. The predicted molar refractivity (Wildman–Crippen MR) is 110 cm³/mol. The first-order valence-corrected chi connectivity index (χ1v) is 8.98. The van der Waals surface area contributed by atoms with Crippen LogP contribution in [0, 0.1) is 0 Å². The van der Waals surface area contributed by atoms with Crippen molar-refractivity contribution >= 4 is 58.2 Å². The molecule has 140 valence electrons. The second kappa shape index (κ2) is 6.91. The van der Waals surface area contributed by atoms with Crippen LogP contribution in [0.4, 0.5) is 16.2 Å². The Balaban J connectivity index is 2.09. The molecule has 27 heavy (non-hydrogen) atoms. The van der Waals surface area contributed by atoms with E-state index >= 15 is 0 Å². The molecule has 1 aliphatic rings. The van der Waals surface area contributed by atoms with E-state index in [9.17, 15) is 14.7 Å². The predicted octanol–water partition coefficient (Wildman–Crippen LogP) is 5.77. The molecule has 0 bridgehead atoms. The van der Waals surface area contributed by atoms with Crippen molar-refractivity contribution in [3.63, 3.8) is 0 Å². The standard InChI is InChI=1S/C20H18Cl2N2O3/c1-20(2,3)24(19(26)27)14-7-11(6-13(22)9-14)8-16-15-5-4-12(21)10-17(15)23-18(16)25/h4-10H,1-3H3,(H,23,25)(H,26,27)/b16-8+. The van der Waals surface area contributed by atoms with E-state index in [0.717, 1.165) is 5.56 Å². The average Bonchev–Trinajstić information content (AvgIpc) is 2.79. The first-order chi connectivity index (χ1) is 12.6. The van der Waals surface area contributed by atoms with Crippen molar-refractivity contribution in [3.8, 4) is 0 Å². The summed E-state index contributed by atoms with van der Waals surface area (Å²) in [7, 11) is 0. The molecule has 0 saturated heterocycles. The molecule has 2 aromatic carbocycles. The van der Waals surface area contributed by atoms with Gasteiger partial charge in [-0.05, 0) is 62.7 Å². The summed E-state index contributed by atoms with van der Waals surface area (Å²) in [5.74, 6) is -0.250. The highest BCUT2D eigenvalue weighted by molar-refractivity contribution is 6.37. The fraction of sp³-hybridized carbons (Fsp3) is 0.200. The fourth-order valence-corrected chi connectivity index (χ4v) is 3.48. The molecule has 0 aliphatic carbocycles. The third kappa shape index (κ3) is 3.94. The highest BCUT2D eigenvalue weighted by atomic mass is 35.5. The highest BCUT2D eigenvalue weighted by Crippen LogP contribution is 2.36. The van der Waals surface area contributed by atoms with Gasteiger partial charge in [0, 0.05) is 32.4 Å². The minimum absolute atomic E-state index is 0.250. The molecule has 0 unspecified atom stereocenters. The Kier molecular flexibility index (Phi) is 4.93. The number of benzene rings is 2. The Bertz CT molecular complexity index is 978. The van der Waals surface area contributed by atoms with Crippen LogP contribution in [0.3, 0.4) is 0 Å². The van der Waals surface area contributed by atoms with Crippen LogP contribution in [0.1, 0.15) is 31.9 Å². The van der Waals surface area contributed by atoms with Gasteiger partial charge in [-0.15, -0.1) is 0 Å². The van der Waals surface area contributed by atoms with Crippen molar-refractivity contribution in [2.75, 3.05) is 10.2 Å². The maximum absolute atomic E-state index is 12.4. The molecule has 5 nitrogen and oxygen atoms in total. The lowest BCUT2D eigenvalue weighted by molar-refractivity contribution is -0.110. The number of hydrogen-bond donors (Lipinski definition) is 2. The first-order valence-electron chi connectivity index (χ1n) is 8.23. The summed E-state index contributed by atoms with van der Waals surface area (Å²) in [5.41, 5.74) is 2.24. The number of amides is 2. The van der Waals surface area contributed by atoms with Gasteiger partial charge >= 0.3 is 6.09 Å². The van der Waals surface area contributed by atoms with Crippen LogP contribution in [0.5, 0.6) is 0 Å². The quantitative estimate of drug-likeness (QED) is 0.624. The Morgan fingerprint density at radius 3 is 2.44 bits per heavy atom. The summed E-state index contributed by atoms with van der Waals surface area (Å²) in [4.78, 5) is 25.3. The Morgan fingerprint density at radius 2 is 1.81 bits per heavy atom. The number of nitrogens with zero attached hydrogens (tertiary/aromatic N) is 1. The van der Waals surface area contributed by atoms with E-state index in [2.05, 4.69) is 5.32 Å². The van der Waals surface area contributed by atoms with Crippen molar-refractivity contribution in [2.24, 2.45) is 0 Å². The zero-order valence-corrected chi connectivity index (χ0v) is 16.5. The number of nitrogens with one attached hydrogen (secondary N) is 1. The smallest absolute Gasteiger partial charge is 0.412 e. The van der Waals surface area contributed by atoms with Gasteiger partial charge in [0.05, 0.1) is 5.69 Å². The van der Waals surface area contributed by atoms with E-state index in [1.807, 2.05) is 0 Å². The van der Waals surface area contributed by atoms with Gasteiger partial charge in [0.2, 0.25) is 0 Å². The molecule has 0 radical (unpaired) electrons. The van der Waals surface area contributed by atoms with Gasteiger partial charge in [-0.3, -0.25) is 9.69 Å². The van der Waals surface area contributed by atoms with E-state index in [-0.39, 0.29) is 5.91 Å². The third-order valence-electron chi connectivity index (χ3n) is 4.10. The van der Waals surface area contributed by atoms with Crippen LogP contribution < -0.4 is 10.2 Å². The Hall–Kier alpha value is -2.50. The minimum atomic E-state index is -1.08. The SMILES string of the molecule is CC(C)(C)N(C(=O)O)c1cc(Cl)cc(/C=C2/C(=O)Nc3cc(Cl)ccc32)c1. The van der Waals surface area contributed by atoms with E-state index in [0.29, 0.717) is 32.6 Å². The first kappa shape index (κ1) is 19.3. The molecule has 0 atom stereocenters. The maximum atomic E-state index is 12.4. The second-order valence-electron chi connectivity index (χ2n) is 7.23. The van der Waals surface area contributed by atoms with E-state index in [1.165, 1.54) is 4.90 Å². The number of carbonyl (C=O) groups excluding carboxylic acids is 1. The van der Waals surface area contributed by atoms with Crippen LogP contribution in [0.2, 0.25) is 10.0 Å². The molecule has 1 aliphatic heterocycles. The number of halogens is 2. The Labute approximate surface area is 167 Å². The van der Waals surface area contributed by atoms with Gasteiger partial charge < -0.3 is 10.4 Å². The molecule has 3 rings (SSSR count). The van der Waals surface area contributed by atoms with Gasteiger partial charge in [0.1, 0.15) is 0 Å². The molecule has 2 amide bonds. The number of carbonyl (C=O) groups is 2. The monoisotopic (exact) mass is 404 g/mol. The van der Waals surface area contributed by atoms with Gasteiger partial charge in [0.25, 0.3) is 5.91 Å². The van der Waals surface area contributed by atoms with Crippen molar-refractivity contribution in [1.29, 1.82) is 0 Å². The maximum Gasteiger partial charge on any atom is 0.412 e. The fourth-order valence-electron chi connectivity index (χ4n) is 3.07. The molecule has 2 N–H and O–H groups in total. The summed E-state index contributed by atoms with van der Waals surface area (Å²) in [6, 6.07) is 10.1. The molecular formula is C20H18Cl2N2O3. The summed E-state index contributed by atoms with van der Waals surface area (Å²) >= 11 is 12.2. The molecule has 1 heterocycles. The van der Waals surface area contributed by atoms with Crippen LogP contribution in [0.15, 0.2) is 36.4 Å². The van der Waals surface area contributed by atoms with Crippen LogP contribution in [-0.4, -0.2) is 22.6 Å². The third-order valence-corrected chi connectivity index (χ3v) is 4.55. The minimum Gasteiger partial charge on any atom is -0.465 e. The van der Waals surface area contributed by atoms with Crippen LogP contribution in [0.25, 0.3) is 11.6 Å². The zero-order valence-electron chi connectivity index (χ0n) is 15.0. The van der Waals surface area contributed by atoms with E-state index in [1.54, 1.807) is 63.2 Å². The lowest BCUT2D eigenvalue weighted by atomic mass is 10.0. The molecule has 2 aromatic rings. The van der Waals surface area contributed by atoms with E-state index in [4.69, 9.17) is 23.2 Å². The van der Waals surface area contributed by atoms with Gasteiger partial charge in [-0.2, -0.15) is 0 Å². The number of hydrogen-bond acceptors (Lipinski definition) is 2. The van der Waals surface area contributed by atoms with Crippen molar-refractivity contribution < 1.29 is 14.7 Å². The normalized spacial score (nSPS) is 14.9. The molecule has 0 spiro atoms. The average molecular weight is 405 g/mol. The Morgan fingerprint density at radius 1 is 1.11 bits per heavy atom. The lowest BCUT2D eigenvalue weighted by Gasteiger charge is -2.33. The highest BCUT2D eigenvalue weighted by Gasteiger charge is 2.29. The summed E-state index contributed by atoms with van der Waals surface area (Å²) in [6.45, 7) is 5.39. The van der Waals surface area contributed by atoms with Crippen molar-refractivity contribution in [1.82, 2.24) is 0 Å². The molecule has 7 heteroatoms. The van der Waals surface area contributed by atoms with Crippen molar-refractivity contribution in [3.05, 3.63) is 57.6 Å². The summed E-state index contributed by atoms with van der Waals surface area (Å²) < 4.78 is 0. The molecule has 0 fully saturated rings. The molecular weight excluding hydrogens is 387 g/mol. The number of anilines is 2. The topological polar surface area (TPSA) is 69.6 Å². The van der Waals surface area contributed by atoms with Gasteiger partial charge in [-0.1, -0.05) is 29.3 Å². The largest absolute Gasteiger partial charge is 0.465 e. The van der Waals surface area contributed by atoms with E-state index < -0.39 is 11.6 Å². The summed E-state index contributed by atoms with van der Waals surface area (Å²) in [5, 5.41) is 13.3. The molecule has 0 saturated carbocycles.